The molecule has 0 saturated carbocycles. The summed E-state index contributed by atoms with van der Waals surface area (Å²) < 4.78 is 36.9. The molecule has 0 aliphatic heterocycles. The van der Waals surface area contributed by atoms with Gasteiger partial charge in [-0.1, -0.05) is 13.3 Å². The van der Waals surface area contributed by atoms with E-state index in [4.69, 9.17) is 14.6 Å². The number of aliphatic carboxylic acids is 1. The molecule has 1 rings (SSSR count). The Labute approximate surface area is 123 Å². The van der Waals surface area contributed by atoms with E-state index < -0.39 is 22.0 Å². The molecular formula is C13H19NO6S. The van der Waals surface area contributed by atoms with Gasteiger partial charge < -0.3 is 14.6 Å². The predicted molar refractivity (Wildman–Crippen MR) is 76.2 cm³/mol. The summed E-state index contributed by atoms with van der Waals surface area (Å²) in [6, 6.07) is 3.10. The van der Waals surface area contributed by atoms with Gasteiger partial charge in [0.1, 0.15) is 22.4 Å². The second-order valence-corrected chi connectivity index (χ2v) is 6.00. The molecule has 1 aromatic rings. The Kier molecular flexibility index (Phi) is 5.98. The number of methoxy groups -OCH3 is 2. The molecule has 7 nitrogen and oxygen atoms in total. The average Bonchev–Trinajstić information content (AvgIpc) is 2.45. The molecule has 1 aromatic carbocycles. The third-order valence-electron chi connectivity index (χ3n) is 2.83. The molecule has 0 unspecified atom stereocenters. The molecule has 0 aromatic heterocycles. The summed E-state index contributed by atoms with van der Waals surface area (Å²) in [4.78, 5) is 10.9. The number of rotatable bonds is 8. The first kappa shape index (κ1) is 17.3. The first-order valence-corrected chi connectivity index (χ1v) is 7.81. The van der Waals surface area contributed by atoms with Crippen molar-refractivity contribution in [3.05, 3.63) is 18.2 Å². The van der Waals surface area contributed by atoms with Gasteiger partial charge in [-0.25, -0.2) is 8.42 Å². The minimum absolute atomic E-state index is 0.115. The van der Waals surface area contributed by atoms with Crippen LogP contribution in [0, 0.1) is 0 Å². The maximum Gasteiger partial charge on any atom is 0.321 e. The van der Waals surface area contributed by atoms with Crippen molar-refractivity contribution in [2.75, 3.05) is 14.2 Å². The van der Waals surface area contributed by atoms with Crippen LogP contribution in [0.2, 0.25) is 0 Å². The lowest BCUT2D eigenvalue weighted by molar-refractivity contribution is -0.139. The van der Waals surface area contributed by atoms with E-state index in [-0.39, 0.29) is 17.1 Å². The molecule has 0 aliphatic rings. The van der Waals surface area contributed by atoms with Crippen LogP contribution >= 0.6 is 0 Å². The largest absolute Gasteiger partial charge is 0.497 e. The lowest BCUT2D eigenvalue weighted by atomic mass is 10.2. The molecule has 2 N–H and O–H groups in total. The quantitative estimate of drug-likeness (QED) is 0.748. The number of benzene rings is 1. The van der Waals surface area contributed by atoms with Crippen LogP contribution in [0.15, 0.2) is 23.1 Å². The Hall–Kier alpha value is -1.80. The van der Waals surface area contributed by atoms with Crippen molar-refractivity contribution in [3.63, 3.8) is 0 Å². The third kappa shape index (κ3) is 4.33. The fraction of sp³-hybridized carbons (Fsp3) is 0.462. The molecule has 118 valence electrons. The molecule has 8 heteroatoms. The minimum atomic E-state index is -4.04. The van der Waals surface area contributed by atoms with E-state index in [0.717, 1.165) is 0 Å². The summed E-state index contributed by atoms with van der Waals surface area (Å²) in [5.74, 6) is -0.773. The van der Waals surface area contributed by atoms with Gasteiger partial charge >= 0.3 is 5.97 Å². The van der Waals surface area contributed by atoms with Crippen molar-refractivity contribution in [3.8, 4) is 11.5 Å². The van der Waals surface area contributed by atoms with Crippen molar-refractivity contribution < 1.29 is 27.8 Å². The molecule has 0 heterocycles. The second kappa shape index (κ2) is 7.28. The summed E-state index contributed by atoms with van der Waals surface area (Å²) in [7, 11) is -1.30. The van der Waals surface area contributed by atoms with Gasteiger partial charge in [0, 0.05) is 6.07 Å². The number of carboxylic acid groups (broad SMARTS) is 1. The number of nitrogens with one attached hydrogen (secondary N) is 1. The number of hydrogen-bond acceptors (Lipinski definition) is 5. The SMILES string of the molecule is CCC[C@@H](NS(=O)(=O)c1cc(OC)ccc1OC)C(=O)O. The van der Waals surface area contributed by atoms with Gasteiger partial charge in [-0.2, -0.15) is 4.72 Å². The maximum absolute atomic E-state index is 12.4. The van der Waals surface area contributed by atoms with Crippen LogP contribution in [0.1, 0.15) is 19.8 Å². The van der Waals surface area contributed by atoms with E-state index in [9.17, 15) is 13.2 Å². The first-order chi connectivity index (χ1) is 9.85. The topological polar surface area (TPSA) is 102 Å². The first-order valence-electron chi connectivity index (χ1n) is 6.32. The predicted octanol–water partition coefficient (Wildman–Crippen LogP) is 1.24. The molecule has 0 amide bonds. The molecular weight excluding hydrogens is 298 g/mol. The van der Waals surface area contributed by atoms with Crippen molar-refractivity contribution in [2.45, 2.75) is 30.7 Å². The lowest BCUT2D eigenvalue weighted by Crippen LogP contribution is -2.40. The van der Waals surface area contributed by atoms with Gasteiger partial charge in [-0.3, -0.25) is 4.79 Å². The Bertz CT molecular complexity index is 599. The van der Waals surface area contributed by atoms with E-state index in [1.54, 1.807) is 13.0 Å². The number of hydrogen-bond donors (Lipinski definition) is 2. The lowest BCUT2D eigenvalue weighted by Gasteiger charge is -2.16. The standard InChI is InChI=1S/C13H19NO6S/c1-4-5-10(13(15)16)14-21(17,18)12-8-9(19-2)6-7-11(12)20-3/h6-8,10,14H,4-5H2,1-3H3,(H,15,16)/t10-/m1/s1. The van der Waals surface area contributed by atoms with Crippen LogP contribution in [-0.2, 0) is 14.8 Å². The highest BCUT2D eigenvalue weighted by molar-refractivity contribution is 7.89. The van der Waals surface area contributed by atoms with Crippen LogP contribution < -0.4 is 14.2 Å². The zero-order valence-corrected chi connectivity index (χ0v) is 12.9. The summed E-state index contributed by atoms with van der Waals surface area (Å²) in [6.07, 6.45) is 0.732. The third-order valence-corrected chi connectivity index (χ3v) is 4.33. The molecule has 1 atom stereocenters. The fourth-order valence-corrected chi connectivity index (χ4v) is 3.17. The van der Waals surface area contributed by atoms with Gasteiger partial charge in [-0.05, 0) is 18.6 Å². The number of carboxylic acids is 1. The van der Waals surface area contributed by atoms with E-state index >= 15 is 0 Å². The van der Waals surface area contributed by atoms with Gasteiger partial charge in [0.15, 0.2) is 0 Å². The second-order valence-electron chi connectivity index (χ2n) is 4.32. The highest BCUT2D eigenvalue weighted by atomic mass is 32.2. The monoisotopic (exact) mass is 317 g/mol. The number of carbonyl (C=O) groups is 1. The number of ether oxygens (including phenoxy) is 2. The van der Waals surface area contributed by atoms with Gasteiger partial charge in [0.25, 0.3) is 0 Å². The zero-order valence-electron chi connectivity index (χ0n) is 12.1. The van der Waals surface area contributed by atoms with Gasteiger partial charge in [0.05, 0.1) is 14.2 Å². The van der Waals surface area contributed by atoms with E-state index in [1.165, 1.54) is 26.4 Å². The highest BCUT2D eigenvalue weighted by Crippen LogP contribution is 2.28. The van der Waals surface area contributed by atoms with Crippen molar-refractivity contribution in [2.24, 2.45) is 0 Å². The van der Waals surface area contributed by atoms with Crippen LogP contribution in [0.5, 0.6) is 11.5 Å². The normalized spacial score (nSPS) is 12.7. The number of sulfonamides is 1. The van der Waals surface area contributed by atoms with E-state index in [2.05, 4.69) is 4.72 Å². The van der Waals surface area contributed by atoms with Crippen LogP contribution in [0.4, 0.5) is 0 Å². The summed E-state index contributed by atoms with van der Waals surface area (Å²) in [5.41, 5.74) is 0. The van der Waals surface area contributed by atoms with Crippen molar-refractivity contribution in [1.29, 1.82) is 0 Å². The van der Waals surface area contributed by atoms with Crippen molar-refractivity contribution >= 4 is 16.0 Å². The summed E-state index contributed by atoms with van der Waals surface area (Å²) in [5, 5.41) is 9.06. The van der Waals surface area contributed by atoms with Gasteiger partial charge in [0.2, 0.25) is 10.0 Å². The average molecular weight is 317 g/mol. The Balaban J connectivity index is 3.20. The van der Waals surface area contributed by atoms with Gasteiger partial charge in [-0.15, -0.1) is 0 Å². The Morgan fingerprint density at radius 1 is 1.33 bits per heavy atom. The minimum Gasteiger partial charge on any atom is -0.497 e. The fourth-order valence-electron chi connectivity index (χ4n) is 1.77. The molecule has 0 fully saturated rings. The molecule has 0 aliphatic carbocycles. The zero-order chi connectivity index (χ0) is 16.0. The molecule has 0 radical (unpaired) electrons. The van der Waals surface area contributed by atoms with E-state index in [1.807, 2.05) is 0 Å². The highest BCUT2D eigenvalue weighted by Gasteiger charge is 2.27. The Morgan fingerprint density at radius 2 is 2.00 bits per heavy atom. The molecule has 0 spiro atoms. The Morgan fingerprint density at radius 3 is 2.48 bits per heavy atom. The van der Waals surface area contributed by atoms with Crippen LogP contribution in [-0.4, -0.2) is 39.8 Å². The van der Waals surface area contributed by atoms with Crippen LogP contribution in [0.3, 0.4) is 0 Å². The molecule has 21 heavy (non-hydrogen) atoms. The molecule has 0 bridgehead atoms. The summed E-state index contributed by atoms with van der Waals surface area (Å²) in [6.45, 7) is 1.77. The van der Waals surface area contributed by atoms with Crippen LogP contribution in [0.25, 0.3) is 0 Å². The van der Waals surface area contributed by atoms with E-state index in [0.29, 0.717) is 12.2 Å². The van der Waals surface area contributed by atoms with Crippen molar-refractivity contribution in [1.82, 2.24) is 4.72 Å². The molecule has 0 saturated heterocycles. The maximum atomic E-state index is 12.4. The summed E-state index contributed by atoms with van der Waals surface area (Å²) >= 11 is 0. The smallest absolute Gasteiger partial charge is 0.321 e.